The van der Waals surface area contributed by atoms with Gasteiger partial charge in [0.05, 0.1) is 42.7 Å². The Morgan fingerprint density at radius 3 is 2.50 bits per heavy atom. The number of aryl methyl sites for hydroxylation is 1. The molecule has 1 saturated heterocycles. The first-order chi connectivity index (χ1) is 20.3. The van der Waals surface area contributed by atoms with Gasteiger partial charge in [0.2, 0.25) is 0 Å². The van der Waals surface area contributed by atoms with Crippen molar-refractivity contribution in [1.82, 2.24) is 4.57 Å². The van der Waals surface area contributed by atoms with Crippen LogP contribution in [0.25, 0.3) is 11.8 Å². The molecule has 3 heterocycles. The van der Waals surface area contributed by atoms with Gasteiger partial charge < -0.3 is 28.8 Å². The van der Waals surface area contributed by atoms with Crippen LogP contribution in [0.3, 0.4) is 0 Å². The number of carbonyl (C=O) groups excluding carboxylic acids is 1. The highest BCUT2D eigenvalue weighted by molar-refractivity contribution is 9.10. The van der Waals surface area contributed by atoms with Crippen molar-refractivity contribution in [2.75, 3.05) is 44.4 Å². The molecule has 1 aromatic heterocycles. The van der Waals surface area contributed by atoms with Crippen LogP contribution in [-0.2, 0) is 14.3 Å². The molecule has 8 nitrogen and oxygen atoms in total. The van der Waals surface area contributed by atoms with Crippen LogP contribution >= 0.6 is 27.7 Å². The smallest absolute Gasteiger partial charge is 0.344 e. The molecule has 0 amide bonds. The summed E-state index contributed by atoms with van der Waals surface area (Å²) in [6, 6.07) is 15.7. The molecule has 0 radical (unpaired) electrons. The molecule has 1 fully saturated rings. The number of aliphatic hydroxyl groups is 1. The molecule has 0 atom stereocenters. The number of hydrogen-bond donors (Lipinski definition) is 1. The third-order valence-corrected chi connectivity index (χ3v) is 8.70. The van der Waals surface area contributed by atoms with Crippen molar-refractivity contribution in [2.45, 2.75) is 27.7 Å². The lowest BCUT2D eigenvalue weighted by molar-refractivity contribution is -0.138. The molecule has 0 unspecified atom stereocenters. The number of aliphatic hydroxyl groups excluding tert-OH is 1. The summed E-state index contributed by atoms with van der Waals surface area (Å²) in [5.74, 6) is 0.0000483. The summed E-state index contributed by atoms with van der Waals surface area (Å²) in [4.78, 5) is 20.4. The summed E-state index contributed by atoms with van der Waals surface area (Å²) < 4.78 is 19.5. The Morgan fingerprint density at radius 1 is 1.10 bits per heavy atom. The largest absolute Gasteiger partial charge is 0.506 e. The third kappa shape index (κ3) is 6.30. The highest BCUT2D eigenvalue weighted by Crippen LogP contribution is 2.41. The van der Waals surface area contributed by atoms with E-state index in [-0.39, 0.29) is 17.9 Å². The number of morpholine rings is 1. The molecule has 10 heteroatoms. The molecule has 5 rings (SSSR count). The Bertz CT molecular complexity index is 1570. The molecule has 2 aliphatic heterocycles. The van der Waals surface area contributed by atoms with Crippen molar-refractivity contribution in [3.05, 3.63) is 86.2 Å². The number of aliphatic imine (C=N–C) groups is 1. The maximum atomic E-state index is 12.9. The van der Waals surface area contributed by atoms with Gasteiger partial charge in [-0.1, -0.05) is 11.8 Å². The van der Waals surface area contributed by atoms with Gasteiger partial charge in [-0.15, -0.1) is 0 Å². The van der Waals surface area contributed by atoms with E-state index in [1.165, 1.54) is 11.8 Å². The van der Waals surface area contributed by atoms with E-state index in [9.17, 15) is 9.90 Å². The van der Waals surface area contributed by atoms with Crippen molar-refractivity contribution < 1.29 is 24.1 Å². The first-order valence-corrected chi connectivity index (χ1v) is 15.5. The monoisotopic (exact) mass is 651 g/mol. The van der Waals surface area contributed by atoms with E-state index in [0.29, 0.717) is 22.2 Å². The van der Waals surface area contributed by atoms with Crippen LogP contribution < -0.4 is 9.64 Å². The quantitative estimate of drug-likeness (QED) is 0.256. The molecule has 42 heavy (non-hydrogen) atoms. The predicted molar refractivity (Wildman–Crippen MR) is 173 cm³/mol. The second-order valence-electron chi connectivity index (χ2n) is 9.80. The number of benzene rings is 2. The zero-order chi connectivity index (χ0) is 29.8. The van der Waals surface area contributed by atoms with Crippen molar-refractivity contribution in [3.8, 4) is 11.4 Å². The molecule has 0 spiro atoms. The van der Waals surface area contributed by atoms with Gasteiger partial charge in [-0.3, -0.25) is 0 Å². The molecular weight excluding hydrogens is 618 g/mol. The molecule has 2 aliphatic rings. The van der Waals surface area contributed by atoms with Gasteiger partial charge in [0.15, 0.2) is 0 Å². The fourth-order valence-corrected chi connectivity index (χ4v) is 6.70. The van der Waals surface area contributed by atoms with Crippen LogP contribution in [0.1, 0.15) is 30.8 Å². The number of esters is 1. The number of nitrogens with zero attached hydrogens (tertiary/aromatic N) is 3. The summed E-state index contributed by atoms with van der Waals surface area (Å²) in [5, 5.41) is 11.6. The Morgan fingerprint density at radius 2 is 1.83 bits per heavy atom. The topological polar surface area (TPSA) is 85.5 Å². The van der Waals surface area contributed by atoms with Crippen molar-refractivity contribution >= 4 is 56.2 Å². The van der Waals surface area contributed by atoms with Gasteiger partial charge in [-0.25, -0.2) is 9.79 Å². The van der Waals surface area contributed by atoms with Crippen LogP contribution in [0, 0.1) is 13.8 Å². The molecular formula is C32H34BrN3O5S. The number of thioether (sulfide) groups is 1. The number of hydrogen-bond acceptors (Lipinski definition) is 8. The molecule has 2 aromatic carbocycles. The van der Waals surface area contributed by atoms with Gasteiger partial charge in [0, 0.05) is 34.6 Å². The molecule has 0 bridgehead atoms. The number of aromatic nitrogens is 1. The lowest BCUT2D eigenvalue weighted by Gasteiger charge is -2.30. The van der Waals surface area contributed by atoms with E-state index in [2.05, 4.69) is 61.6 Å². The summed E-state index contributed by atoms with van der Waals surface area (Å²) in [6.45, 7) is 11.7. The van der Waals surface area contributed by atoms with Gasteiger partial charge in [0.1, 0.15) is 22.1 Å². The fraction of sp³-hybridized carbons (Fsp3) is 0.312. The lowest BCUT2D eigenvalue weighted by atomic mass is 10.1. The standard InChI is InChI=1S/C32H34BrN3O5S/c1-5-40-25-10-7-23(8-11-25)34-31-29(32(38)41-6-2)30(37)28(42-31)18-22-17-20(3)36(21(22)4)24-9-12-27(26(33)19-24)35-13-15-39-16-14-35/h7-12,17-19,37H,5-6,13-16H2,1-4H3/b28-18-,34-31?. The zero-order valence-corrected chi connectivity index (χ0v) is 26.5. The first kappa shape index (κ1) is 30.0. The number of rotatable bonds is 8. The zero-order valence-electron chi connectivity index (χ0n) is 24.1. The van der Waals surface area contributed by atoms with Crippen LogP contribution in [-0.4, -0.2) is 60.2 Å². The van der Waals surface area contributed by atoms with Crippen LogP contribution in [0.4, 0.5) is 11.4 Å². The van der Waals surface area contributed by atoms with E-state index in [1.807, 2.05) is 44.2 Å². The highest BCUT2D eigenvalue weighted by atomic mass is 79.9. The molecule has 3 aromatic rings. The van der Waals surface area contributed by atoms with E-state index in [4.69, 9.17) is 14.2 Å². The van der Waals surface area contributed by atoms with E-state index >= 15 is 0 Å². The Hall–Kier alpha value is -3.47. The normalized spacial score (nSPS) is 17.4. The number of halogens is 1. The minimum atomic E-state index is -0.605. The SMILES string of the molecule is CCOC(=O)C1=C(O)/C(=C/c2cc(C)n(-c3ccc(N4CCOCC4)c(Br)c3)c2C)SC1=Nc1ccc(OCC)cc1. The molecule has 0 saturated carbocycles. The maximum Gasteiger partial charge on any atom is 0.344 e. The molecule has 220 valence electrons. The number of carbonyl (C=O) groups is 1. The van der Waals surface area contributed by atoms with E-state index in [0.717, 1.165) is 64.9 Å². The lowest BCUT2D eigenvalue weighted by Crippen LogP contribution is -2.36. The average Bonchev–Trinajstić information content (AvgIpc) is 3.43. The van der Waals surface area contributed by atoms with E-state index in [1.54, 1.807) is 6.92 Å². The van der Waals surface area contributed by atoms with Crippen molar-refractivity contribution in [1.29, 1.82) is 0 Å². The fourth-order valence-electron chi connectivity index (χ4n) is 5.06. The van der Waals surface area contributed by atoms with Crippen LogP contribution in [0.15, 0.2) is 74.2 Å². The summed E-state index contributed by atoms with van der Waals surface area (Å²) in [6.07, 6.45) is 1.90. The van der Waals surface area contributed by atoms with Crippen molar-refractivity contribution in [3.63, 3.8) is 0 Å². The summed E-state index contributed by atoms with van der Waals surface area (Å²) in [7, 11) is 0. The first-order valence-electron chi connectivity index (χ1n) is 13.9. The van der Waals surface area contributed by atoms with Gasteiger partial charge >= 0.3 is 5.97 Å². The Kier molecular flexibility index (Phi) is 9.45. The van der Waals surface area contributed by atoms with E-state index < -0.39 is 5.97 Å². The van der Waals surface area contributed by atoms with Gasteiger partial charge in [-0.05, 0) is 104 Å². The molecule has 0 aliphatic carbocycles. The second kappa shape index (κ2) is 13.2. The third-order valence-electron chi connectivity index (χ3n) is 7.05. The average molecular weight is 653 g/mol. The maximum absolute atomic E-state index is 12.9. The minimum absolute atomic E-state index is 0.0680. The Balaban J connectivity index is 1.47. The van der Waals surface area contributed by atoms with Gasteiger partial charge in [-0.2, -0.15) is 0 Å². The summed E-state index contributed by atoms with van der Waals surface area (Å²) in [5.41, 5.74) is 5.87. The van der Waals surface area contributed by atoms with Gasteiger partial charge in [0.25, 0.3) is 0 Å². The minimum Gasteiger partial charge on any atom is -0.506 e. The van der Waals surface area contributed by atoms with Crippen molar-refractivity contribution in [2.24, 2.45) is 4.99 Å². The number of anilines is 1. The molecule has 1 N–H and O–H groups in total. The highest BCUT2D eigenvalue weighted by Gasteiger charge is 2.33. The van der Waals surface area contributed by atoms with Crippen LogP contribution in [0.5, 0.6) is 5.75 Å². The Labute approximate surface area is 258 Å². The predicted octanol–water partition coefficient (Wildman–Crippen LogP) is 7.29. The van der Waals surface area contributed by atoms with Crippen LogP contribution in [0.2, 0.25) is 0 Å². The number of ether oxygens (including phenoxy) is 3. The second-order valence-corrected chi connectivity index (χ2v) is 11.7. The summed E-state index contributed by atoms with van der Waals surface area (Å²) >= 11 is 5.03.